The van der Waals surface area contributed by atoms with Gasteiger partial charge in [-0.2, -0.15) is 0 Å². The van der Waals surface area contributed by atoms with Crippen LogP contribution in [-0.4, -0.2) is 23.3 Å². The lowest BCUT2D eigenvalue weighted by Gasteiger charge is -2.07. The first-order valence-electron chi connectivity index (χ1n) is 7.30. The maximum absolute atomic E-state index is 12.2. The highest BCUT2D eigenvalue weighted by molar-refractivity contribution is 5.96. The minimum atomic E-state index is -0.335. The van der Waals surface area contributed by atoms with Crippen LogP contribution in [0.1, 0.15) is 32.1 Å². The van der Waals surface area contributed by atoms with Crippen LogP contribution in [0.3, 0.4) is 0 Å². The van der Waals surface area contributed by atoms with Crippen LogP contribution in [0.5, 0.6) is 0 Å². The summed E-state index contributed by atoms with van der Waals surface area (Å²) >= 11 is 0. The van der Waals surface area contributed by atoms with Crippen molar-refractivity contribution in [3.05, 3.63) is 77.6 Å². The number of hydrogen-bond donors (Lipinski definition) is 2. The SMILES string of the molecule is C=CCNC(=O)c1cccc(C(=O)NCc2ccc(C)cc2)n1. The summed E-state index contributed by atoms with van der Waals surface area (Å²) in [6.45, 7) is 6.30. The monoisotopic (exact) mass is 309 g/mol. The van der Waals surface area contributed by atoms with Gasteiger partial charge in [-0.25, -0.2) is 4.98 Å². The molecule has 1 aromatic carbocycles. The van der Waals surface area contributed by atoms with E-state index in [1.54, 1.807) is 24.3 Å². The molecular formula is C18H19N3O2. The van der Waals surface area contributed by atoms with Gasteiger partial charge in [0.25, 0.3) is 11.8 Å². The number of benzene rings is 1. The fourth-order valence-corrected chi connectivity index (χ4v) is 1.92. The van der Waals surface area contributed by atoms with Crippen molar-refractivity contribution >= 4 is 11.8 Å². The van der Waals surface area contributed by atoms with Gasteiger partial charge in [0.05, 0.1) is 0 Å². The number of amides is 2. The van der Waals surface area contributed by atoms with Gasteiger partial charge in [-0.15, -0.1) is 6.58 Å². The van der Waals surface area contributed by atoms with Gasteiger partial charge in [0, 0.05) is 13.1 Å². The van der Waals surface area contributed by atoms with Gasteiger partial charge >= 0.3 is 0 Å². The van der Waals surface area contributed by atoms with E-state index in [2.05, 4.69) is 22.2 Å². The molecule has 2 amide bonds. The Morgan fingerprint density at radius 3 is 2.26 bits per heavy atom. The number of carbonyl (C=O) groups is 2. The van der Waals surface area contributed by atoms with Gasteiger partial charge in [0.2, 0.25) is 0 Å². The molecule has 0 spiro atoms. The number of pyridine rings is 1. The van der Waals surface area contributed by atoms with E-state index in [0.29, 0.717) is 13.1 Å². The molecule has 23 heavy (non-hydrogen) atoms. The van der Waals surface area contributed by atoms with Gasteiger partial charge in [-0.3, -0.25) is 9.59 Å². The van der Waals surface area contributed by atoms with Crippen molar-refractivity contribution in [2.24, 2.45) is 0 Å². The molecule has 0 fully saturated rings. The maximum Gasteiger partial charge on any atom is 0.270 e. The second-order valence-electron chi connectivity index (χ2n) is 5.08. The summed E-state index contributed by atoms with van der Waals surface area (Å²) < 4.78 is 0. The molecule has 0 radical (unpaired) electrons. The average molecular weight is 309 g/mol. The van der Waals surface area contributed by atoms with E-state index < -0.39 is 0 Å². The Kier molecular flexibility index (Phi) is 5.63. The Balaban J connectivity index is 2.00. The Bertz CT molecular complexity index is 708. The van der Waals surface area contributed by atoms with Crippen molar-refractivity contribution in [3.63, 3.8) is 0 Å². The number of hydrogen-bond acceptors (Lipinski definition) is 3. The molecule has 118 valence electrons. The maximum atomic E-state index is 12.2. The second kappa shape index (κ2) is 7.89. The topological polar surface area (TPSA) is 71.1 Å². The van der Waals surface area contributed by atoms with Crippen LogP contribution in [0.4, 0.5) is 0 Å². The number of nitrogens with zero attached hydrogens (tertiary/aromatic N) is 1. The predicted molar refractivity (Wildman–Crippen MR) is 89.1 cm³/mol. The summed E-state index contributed by atoms with van der Waals surface area (Å²) in [5.74, 6) is -0.651. The largest absolute Gasteiger partial charge is 0.347 e. The third kappa shape index (κ3) is 4.78. The van der Waals surface area contributed by atoms with Gasteiger partial charge < -0.3 is 10.6 Å². The number of rotatable bonds is 6. The molecular weight excluding hydrogens is 290 g/mol. The molecule has 0 aliphatic rings. The Morgan fingerprint density at radius 1 is 1.04 bits per heavy atom. The fourth-order valence-electron chi connectivity index (χ4n) is 1.92. The first kappa shape index (κ1) is 16.4. The number of aromatic nitrogens is 1. The minimum Gasteiger partial charge on any atom is -0.347 e. The summed E-state index contributed by atoms with van der Waals surface area (Å²) in [6.07, 6.45) is 1.58. The molecule has 1 aromatic heterocycles. The molecule has 2 aromatic rings. The molecule has 0 bridgehead atoms. The Morgan fingerprint density at radius 2 is 1.65 bits per heavy atom. The summed E-state index contributed by atoms with van der Waals surface area (Å²) in [5, 5.41) is 5.42. The van der Waals surface area contributed by atoms with Crippen LogP contribution in [0.2, 0.25) is 0 Å². The highest BCUT2D eigenvalue weighted by Crippen LogP contribution is 2.04. The lowest BCUT2D eigenvalue weighted by atomic mass is 10.1. The molecule has 1 heterocycles. The first-order chi connectivity index (χ1) is 11.1. The highest BCUT2D eigenvalue weighted by Gasteiger charge is 2.11. The smallest absolute Gasteiger partial charge is 0.270 e. The van der Waals surface area contributed by atoms with Gasteiger partial charge in [-0.1, -0.05) is 42.0 Å². The molecule has 5 nitrogen and oxygen atoms in total. The minimum absolute atomic E-state index is 0.204. The van der Waals surface area contributed by atoms with Crippen molar-refractivity contribution in [1.82, 2.24) is 15.6 Å². The average Bonchev–Trinajstić information content (AvgIpc) is 2.59. The molecule has 2 N–H and O–H groups in total. The Hall–Kier alpha value is -2.95. The predicted octanol–water partition coefficient (Wildman–Crippen LogP) is 2.24. The van der Waals surface area contributed by atoms with Crippen molar-refractivity contribution < 1.29 is 9.59 Å². The van der Waals surface area contributed by atoms with E-state index >= 15 is 0 Å². The summed E-state index contributed by atoms with van der Waals surface area (Å²) in [5.41, 5.74) is 2.59. The zero-order valence-electron chi connectivity index (χ0n) is 13.0. The van der Waals surface area contributed by atoms with Crippen LogP contribution in [0.15, 0.2) is 55.1 Å². The van der Waals surface area contributed by atoms with E-state index in [0.717, 1.165) is 5.56 Å². The quantitative estimate of drug-likeness (QED) is 0.804. The molecule has 5 heteroatoms. The van der Waals surface area contributed by atoms with Crippen LogP contribution < -0.4 is 10.6 Å². The molecule has 0 aliphatic carbocycles. The summed E-state index contributed by atoms with van der Waals surface area (Å²) in [7, 11) is 0. The lowest BCUT2D eigenvalue weighted by molar-refractivity contribution is 0.0944. The summed E-state index contributed by atoms with van der Waals surface area (Å²) in [4.78, 5) is 28.1. The zero-order valence-corrected chi connectivity index (χ0v) is 13.0. The molecule has 0 saturated heterocycles. The zero-order chi connectivity index (χ0) is 16.7. The third-order valence-corrected chi connectivity index (χ3v) is 3.19. The molecule has 0 saturated carbocycles. The van der Waals surface area contributed by atoms with Crippen LogP contribution in [-0.2, 0) is 6.54 Å². The number of aryl methyl sites for hydroxylation is 1. The molecule has 2 rings (SSSR count). The molecule has 0 aliphatic heterocycles. The first-order valence-corrected chi connectivity index (χ1v) is 7.30. The van der Waals surface area contributed by atoms with Crippen LogP contribution >= 0.6 is 0 Å². The van der Waals surface area contributed by atoms with E-state index in [1.807, 2.05) is 31.2 Å². The van der Waals surface area contributed by atoms with E-state index in [4.69, 9.17) is 0 Å². The molecule has 0 unspecified atom stereocenters. The van der Waals surface area contributed by atoms with Gasteiger partial charge in [0.15, 0.2) is 0 Å². The summed E-state index contributed by atoms with van der Waals surface area (Å²) in [6, 6.07) is 12.7. The van der Waals surface area contributed by atoms with Gasteiger partial charge in [-0.05, 0) is 24.6 Å². The van der Waals surface area contributed by atoms with E-state index in [1.165, 1.54) is 5.56 Å². The van der Waals surface area contributed by atoms with Crippen molar-refractivity contribution in [2.45, 2.75) is 13.5 Å². The third-order valence-electron chi connectivity index (χ3n) is 3.19. The van der Waals surface area contributed by atoms with Crippen molar-refractivity contribution in [1.29, 1.82) is 0 Å². The second-order valence-corrected chi connectivity index (χ2v) is 5.08. The fraction of sp³-hybridized carbons (Fsp3) is 0.167. The van der Waals surface area contributed by atoms with Gasteiger partial charge in [0.1, 0.15) is 11.4 Å². The van der Waals surface area contributed by atoms with Crippen molar-refractivity contribution in [3.8, 4) is 0 Å². The van der Waals surface area contributed by atoms with Crippen LogP contribution in [0.25, 0.3) is 0 Å². The standard InChI is InChI=1S/C18H19N3O2/c1-3-11-19-17(22)15-5-4-6-16(21-15)18(23)20-12-14-9-7-13(2)8-10-14/h3-10H,1,11-12H2,2H3,(H,19,22)(H,20,23). The van der Waals surface area contributed by atoms with E-state index in [9.17, 15) is 9.59 Å². The number of nitrogens with one attached hydrogen (secondary N) is 2. The lowest BCUT2D eigenvalue weighted by Crippen LogP contribution is -2.27. The number of carbonyl (C=O) groups excluding carboxylic acids is 2. The normalized spacial score (nSPS) is 9.96. The Labute approximate surface area is 135 Å². The molecule has 0 atom stereocenters. The highest BCUT2D eigenvalue weighted by atomic mass is 16.2. The van der Waals surface area contributed by atoms with Crippen molar-refractivity contribution in [2.75, 3.05) is 6.54 Å². The van der Waals surface area contributed by atoms with Crippen LogP contribution in [0, 0.1) is 6.92 Å². The van der Waals surface area contributed by atoms with E-state index in [-0.39, 0.29) is 23.2 Å².